The lowest BCUT2D eigenvalue weighted by molar-refractivity contribution is -0.0773. The fourth-order valence-corrected chi connectivity index (χ4v) is 2.81. The Morgan fingerprint density at radius 3 is 2.30 bits per heavy atom. The van der Waals surface area contributed by atoms with E-state index in [0.717, 1.165) is 38.4 Å². The number of hydrogen-bond donors (Lipinski definition) is 1. The fourth-order valence-electron chi connectivity index (χ4n) is 2.81. The lowest BCUT2D eigenvalue weighted by Gasteiger charge is -2.39. The van der Waals surface area contributed by atoms with Crippen LogP contribution >= 0.6 is 0 Å². The number of ether oxygens (including phenoxy) is 1. The van der Waals surface area contributed by atoms with Crippen molar-refractivity contribution >= 4 is 5.96 Å². The summed E-state index contributed by atoms with van der Waals surface area (Å²) in [6.45, 7) is 11.5. The van der Waals surface area contributed by atoms with Gasteiger partial charge in [0.15, 0.2) is 5.96 Å². The Morgan fingerprint density at radius 1 is 1.20 bits per heavy atom. The minimum atomic E-state index is -0.0304. The highest BCUT2D eigenvalue weighted by atomic mass is 16.5. The first-order valence-electron chi connectivity index (χ1n) is 8.21. The zero-order chi connectivity index (χ0) is 14.6. The molecule has 2 rings (SSSR count). The third-order valence-electron chi connectivity index (χ3n) is 4.01. The van der Waals surface area contributed by atoms with Crippen molar-refractivity contribution < 1.29 is 4.74 Å². The van der Waals surface area contributed by atoms with Crippen molar-refractivity contribution in [1.29, 1.82) is 0 Å². The van der Waals surface area contributed by atoms with E-state index in [1.807, 2.05) is 0 Å². The predicted octanol–water partition coefficient (Wildman–Crippen LogP) is 2.78. The summed E-state index contributed by atoms with van der Waals surface area (Å²) in [5.41, 5.74) is -0.0304. The molecule has 0 amide bonds. The SMILES string of the molecule is CCN=C(NC1CCC1)N1CCC(OC(C)(C)C)CC1. The Hall–Kier alpha value is -0.770. The molecule has 0 bridgehead atoms. The van der Waals surface area contributed by atoms with E-state index < -0.39 is 0 Å². The summed E-state index contributed by atoms with van der Waals surface area (Å²) >= 11 is 0. The monoisotopic (exact) mass is 281 g/mol. The van der Waals surface area contributed by atoms with Gasteiger partial charge in [-0.15, -0.1) is 0 Å². The Kier molecular flexibility index (Phi) is 5.30. The normalized spacial score (nSPS) is 22.8. The molecule has 2 fully saturated rings. The van der Waals surface area contributed by atoms with Gasteiger partial charge in [0.1, 0.15) is 0 Å². The molecule has 4 heteroatoms. The number of nitrogens with zero attached hydrogens (tertiary/aromatic N) is 2. The zero-order valence-electron chi connectivity index (χ0n) is 13.6. The molecule has 20 heavy (non-hydrogen) atoms. The van der Waals surface area contributed by atoms with Gasteiger partial charge in [-0.2, -0.15) is 0 Å². The lowest BCUT2D eigenvalue weighted by Crippen LogP contribution is -2.52. The molecular formula is C16H31N3O. The van der Waals surface area contributed by atoms with E-state index in [1.54, 1.807) is 0 Å². The number of hydrogen-bond acceptors (Lipinski definition) is 2. The number of nitrogens with one attached hydrogen (secondary N) is 1. The molecule has 1 saturated carbocycles. The minimum absolute atomic E-state index is 0.0304. The average molecular weight is 281 g/mol. The van der Waals surface area contributed by atoms with Crippen molar-refractivity contribution in [1.82, 2.24) is 10.2 Å². The Labute approximate surface area is 124 Å². The fraction of sp³-hybridized carbons (Fsp3) is 0.938. The van der Waals surface area contributed by atoms with Crippen LogP contribution in [0.15, 0.2) is 4.99 Å². The average Bonchev–Trinajstić information content (AvgIpc) is 2.31. The van der Waals surface area contributed by atoms with Crippen LogP contribution < -0.4 is 5.32 Å². The van der Waals surface area contributed by atoms with Crippen LogP contribution in [0.5, 0.6) is 0 Å². The molecule has 0 atom stereocenters. The maximum absolute atomic E-state index is 6.09. The third kappa shape index (κ3) is 4.65. The van der Waals surface area contributed by atoms with Gasteiger partial charge >= 0.3 is 0 Å². The Balaban J connectivity index is 1.82. The standard InChI is InChI=1S/C16H31N3O/c1-5-17-15(18-13-7-6-8-13)19-11-9-14(10-12-19)20-16(2,3)4/h13-14H,5-12H2,1-4H3,(H,17,18). The maximum Gasteiger partial charge on any atom is 0.194 e. The molecule has 116 valence electrons. The molecule has 1 aliphatic carbocycles. The second-order valence-electron chi connectivity index (χ2n) is 6.99. The van der Waals surface area contributed by atoms with E-state index in [9.17, 15) is 0 Å². The van der Waals surface area contributed by atoms with Crippen LogP contribution in [0.3, 0.4) is 0 Å². The van der Waals surface area contributed by atoms with E-state index in [-0.39, 0.29) is 5.60 Å². The molecule has 1 N–H and O–H groups in total. The van der Waals surface area contributed by atoms with Crippen LogP contribution in [-0.4, -0.2) is 48.2 Å². The summed E-state index contributed by atoms with van der Waals surface area (Å²) in [5.74, 6) is 1.12. The van der Waals surface area contributed by atoms with Gasteiger partial charge in [0.25, 0.3) is 0 Å². The number of aliphatic imine (C=N–C) groups is 1. The van der Waals surface area contributed by atoms with Crippen molar-refractivity contribution in [3.8, 4) is 0 Å². The first kappa shape index (κ1) is 15.6. The smallest absolute Gasteiger partial charge is 0.194 e. The predicted molar refractivity (Wildman–Crippen MR) is 84.2 cm³/mol. The lowest BCUT2D eigenvalue weighted by atomic mass is 9.93. The van der Waals surface area contributed by atoms with Crippen molar-refractivity contribution in [2.75, 3.05) is 19.6 Å². The van der Waals surface area contributed by atoms with Crippen molar-refractivity contribution in [3.63, 3.8) is 0 Å². The van der Waals surface area contributed by atoms with E-state index in [1.165, 1.54) is 19.3 Å². The van der Waals surface area contributed by atoms with Crippen molar-refractivity contribution in [3.05, 3.63) is 0 Å². The molecule has 0 radical (unpaired) electrons. The highest BCUT2D eigenvalue weighted by molar-refractivity contribution is 5.80. The van der Waals surface area contributed by atoms with Crippen molar-refractivity contribution in [2.24, 2.45) is 4.99 Å². The Morgan fingerprint density at radius 2 is 1.85 bits per heavy atom. The van der Waals surface area contributed by atoms with E-state index in [4.69, 9.17) is 4.74 Å². The first-order valence-corrected chi connectivity index (χ1v) is 8.21. The molecule has 0 aromatic heterocycles. The molecule has 0 spiro atoms. The van der Waals surface area contributed by atoms with Gasteiger partial charge in [-0.05, 0) is 59.8 Å². The summed E-state index contributed by atoms with van der Waals surface area (Å²) < 4.78 is 6.09. The molecule has 0 aromatic carbocycles. The third-order valence-corrected chi connectivity index (χ3v) is 4.01. The van der Waals surface area contributed by atoms with Gasteiger partial charge in [-0.25, -0.2) is 0 Å². The largest absolute Gasteiger partial charge is 0.372 e. The summed E-state index contributed by atoms with van der Waals surface area (Å²) in [7, 11) is 0. The molecule has 0 unspecified atom stereocenters. The molecule has 1 heterocycles. The van der Waals surface area contributed by atoms with E-state index in [2.05, 4.69) is 42.9 Å². The molecule has 0 aromatic rings. The first-order chi connectivity index (χ1) is 9.48. The van der Waals surface area contributed by atoms with Gasteiger partial charge in [-0.3, -0.25) is 4.99 Å². The second kappa shape index (κ2) is 6.79. The molecule has 4 nitrogen and oxygen atoms in total. The summed E-state index contributed by atoms with van der Waals surface area (Å²) in [6.07, 6.45) is 6.56. The highest BCUT2D eigenvalue weighted by Gasteiger charge is 2.27. The highest BCUT2D eigenvalue weighted by Crippen LogP contribution is 2.22. The topological polar surface area (TPSA) is 36.9 Å². The summed E-state index contributed by atoms with van der Waals surface area (Å²) in [6, 6.07) is 0.656. The number of likely N-dealkylation sites (tertiary alicyclic amines) is 1. The zero-order valence-corrected chi connectivity index (χ0v) is 13.6. The van der Waals surface area contributed by atoms with Crippen LogP contribution in [0.1, 0.15) is 59.8 Å². The molecular weight excluding hydrogens is 250 g/mol. The van der Waals surface area contributed by atoms with Gasteiger partial charge < -0.3 is 15.0 Å². The van der Waals surface area contributed by atoms with Crippen molar-refractivity contribution in [2.45, 2.75) is 77.5 Å². The van der Waals surface area contributed by atoms with Gasteiger partial charge in [-0.1, -0.05) is 0 Å². The Bertz CT molecular complexity index is 323. The van der Waals surface area contributed by atoms with Crippen LogP contribution in [0.4, 0.5) is 0 Å². The summed E-state index contributed by atoms with van der Waals surface area (Å²) in [5, 5.41) is 3.62. The quantitative estimate of drug-likeness (QED) is 0.638. The van der Waals surface area contributed by atoms with Crippen LogP contribution in [0.2, 0.25) is 0 Å². The molecule has 2 aliphatic rings. The maximum atomic E-state index is 6.09. The number of guanidine groups is 1. The van der Waals surface area contributed by atoms with E-state index >= 15 is 0 Å². The van der Waals surface area contributed by atoms with Gasteiger partial charge in [0, 0.05) is 25.7 Å². The van der Waals surface area contributed by atoms with Crippen LogP contribution in [0.25, 0.3) is 0 Å². The van der Waals surface area contributed by atoms with Gasteiger partial charge in [0.05, 0.1) is 11.7 Å². The molecule has 1 saturated heterocycles. The van der Waals surface area contributed by atoms with Gasteiger partial charge in [0.2, 0.25) is 0 Å². The van der Waals surface area contributed by atoms with Crippen LogP contribution in [-0.2, 0) is 4.74 Å². The van der Waals surface area contributed by atoms with E-state index in [0.29, 0.717) is 12.1 Å². The minimum Gasteiger partial charge on any atom is -0.372 e. The molecule has 1 aliphatic heterocycles. The summed E-state index contributed by atoms with van der Waals surface area (Å²) in [4.78, 5) is 7.07. The number of piperidine rings is 1. The number of rotatable bonds is 3. The van der Waals surface area contributed by atoms with Crippen LogP contribution in [0, 0.1) is 0 Å². The second-order valence-corrected chi connectivity index (χ2v) is 6.99.